The van der Waals surface area contributed by atoms with Gasteiger partial charge >= 0.3 is 5.97 Å². The molecule has 0 amide bonds. The smallest absolute Gasteiger partial charge is 0.330 e. The molecule has 3 nitrogen and oxygen atoms in total. The van der Waals surface area contributed by atoms with Gasteiger partial charge in [0.2, 0.25) is 0 Å². The lowest BCUT2D eigenvalue weighted by Gasteiger charge is -2.00. The minimum Gasteiger partial charge on any atom is -0.466 e. The number of ether oxygens (including phenoxy) is 1. The van der Waals surface area contributed by atoms with Gasteiger partial charge in [-0.25, -0.2) is 4.79 Å². The Labute approximate surface area is 70.4 Å². The third-order valence-corrected chi connectivity index (χ3v) is 1.88. The predicted octanol–water partition coefficient (Wildman–Crippen LogP) is 0.787. The van der Waals surface area contributed by atoms with Crippen molar-refractivity contribution in [3.8, 4) is 0 Å². The third-order valence-electron chi connectivity index (χ3n) is 0.973. The predicted molar refractivity (Wildman–Crippen MR) is 45.3 cm³/mol. The standard InChI is InChI=1S/C7H12O3S/c1-6(5-8)11-4-3-7(9)10-2/h3-4,6,8H,5H2,1-2H3/b4-3+. The maximum atomic E-state index is 10.5. The van der Waals surface area contributed by atoms with Gasteiger partial charge < -0.3 is 9.84 Å². The van der Waals surface area contributed by atoms with Crippen molar-refractivity contribution in [2.45, 2.75) is 12.2 Å². The van der Waals surface area contributed by atoms with Crippen molar-refractivity contribution in [2.24, 2.45) is 0 Å². The summed E-state index contributed by atoms with van der Waals surface area (Å²) < 4.78 is 4.36. The van der Waals surface area contributed by atoms with Crippen LogP contribution in [0, 0.1) is 0 Å². The lowest BCUT2D eigenvalue weighted by atomic mass is 10.5. The van der Waals surface area contributed by atoms with Gasteiger partial charge in [0.25, 0.3) is 0 Å². The fraction of sp³-hybridized carbons (Fsp3) is 0.571. The second-order valence-corrected chi connectivity index (χ2v) is 3.30. The Balaban J connectivity index is 3.51. The van der Waals surface area contributed by atoms with Crippen molar-refractivity contribution in [3.63, 3.8) is 0 Å². The molecule has 0 aromatic carbocycles. The van der Waals surface area contributed by atoms with Crippen LogP contribution < -0.4 is 0 Å². The molecule has 0 heterocycles. The molecule has 0 aliphatic carbocycles. The number of methoxy groups -OCH3 is 1. The zero-order chi connectivity index (χ0) is 8.69. The summed E-state index contributed by atoms with van der Waals surface area (Å²) in [6.07, 6.45) is 1.33. The number of rotatable bonds is 4. The van der Waals surface area contributed by atoms with Crippen molar-refractivity contribution < 1.29 is 14.6 Å². The Bertz CT molecular complexity index is 145. The largest absolute Gasteiger partial charge is 0.466 e. The van der Waals surface area contributed by atoms with E-state index in [-0.39, 0.29) is 17.8 Å². The van der Waals surface area contributed by atoms with Crippen LogP contribution in [-0.4, -0.2) is 30.0 Å². The van der Waals surface area contributed by atoms with E-state index in [2.05, 4.69) is 4.74 Å². The number of carbonyl (C=O) groups excluding carboxylic acids is 1. The van der Waals surface area contributed by atoms with Gasteiger partial charge in [-0.15, -0.1) is 11.8 Å². The highest BCUT2D eigenvalue weighted by Crippen LogP contribution is 2.10. The van der Waals surface area contributed by atoms with E-state index in [1.165, 1.54) is 24.9 Å². The van der Waals surface area contributed by atoms with Crippen molar-refractivity contribution in [2.75, 3.05) is 13.7 Å². The first-order valence-corrected chi connectivity index (χ1v) is 4.15. The SMILES string of the molecule is COC(=O)/C=C/SC(C)CO. The zero-order valence-corrected chi connectivity index (χ0v) is 7.43. The average molecular weight is 176 g/mol. The molecule has 0 bridgehead atoms. The van der Waals surface area contributed by atoms with Gasteiger partial charge in [0.05, 0.1) is 13.7 Å². The van der Waals surface area contributed by atoms with Gasteiger partial charge in [-0.2, -0.15) is 0 Å². The summed E-state index contributed by atoms with van der Waals surface area (Å²) in [5, 5.41) is 10.3. The monoisotopic (exact) mass is 176 g/mol. The lowest BCUT2D eigenvalue weighted by Crippen LogP contribution is -2.00. The highest BCUT2D eigenvalue weighted by atomic mass is 32.2. The molecule has 0 radical (unpaired) electrons. The van der Waals surface area contributed by atoms with E-state index >= 15 is 0 Å². The maximum Gasteiger partial charge on any atom is 0.330 e. The Morgan fingerprint density at radius 3 is 2.91 bits per heavy atom. The average Bonchev–Trinajstić information content (AvgIpc) is 2.04. The summed E-state index contributed by atoms with van der Waals surface area (Å²) in [6, 6.07) is 0. The number of aliphatic hydroxyl groups excluding tert-OH is 1. The van der Waals surface area contributed by atoms with Crippen LogP contribution >= 0.6 is 11.8 Å². The van der Waals surface area contributed by atoms with Gasteiger partial charge in [-0.3, -0.25) is 0 Å². The molecule has 11 heavy (non-hydrogen) atoms. The summed E-state index contributed by atoms with van der Waals surface area (Å²) in [4.78, 5) is 10.5. The minimum atomic E-state index is -0.373. The molecule has 4 heteroatoms. The van der Waals surface area contributed by atoms with Gasteiger partial charge in [-0.05, 0) is 5.41 Å². The fourth-order valence-corrected chi connectivity index (χ4v) is 0.884. The molecule has 1 unspecified atom stereocenters. The van der Waals surface area contributed by atoms with Crippen LogP contribution in [0.4, 0.5) is 0 Å². The number of hydrogen-bond acceptors (Lipinski definition) is 4. The number of carbonyl (C=O) groups is 1. The van der Waals surface area contributed by atoms with Gasteiger partial charge in [0.1, 0.15) is 0 Å². The topological polar surface area (TPSA) is 46.5 Å². The second-order valence-electron chi connectivity index (χ2n) is 1.96. The molecule has 0 saturated carbocycles. The Kier molecular flexibility index (Phi) is 5.97. The quantitative estimate of drug-likeness (QED) is 0.508. The minimum absolute atomic E-state index is 0.107. The number of aliphatic hydroxyl groups is 1. The van der Waals surface area contributed by atoms with E-state index in [9.17, 15) is 4.79 Å². The molecule has 0 spiro atoms. The summed E-state index contributed by atoms with van der Waals surface area (Å²) >= 11 is 1.39. The van der Waals surface area contributed by atoms with Crippen molar-refractivity contribution >= 4 is 17.7 Å². The van der Waals surface area contributed by atoms with Crippen LogP contribution in [0.2, 0.25) is 0 Å². The Morgan fingerprint density at radius 2 is 2.45 bits per heavy atom. The second kappa shape index (κ2) is 6.24. The van der Waals surface area contributed by atoms with Crippen molar-refractivity contribution in [1.82, 2.24) is 0 Å². The number of thioether (sulfide) groups is 1. The summed E-state index contributed by atoms with van der Waals surface area (Å²) in [6.45, 7) is 1.97. The van der Waals surface area contributed by atoms with Gasteiger partial charge in [0.15, 0.2) is 0 Å². The van der Waals surface area contributed by atoms with E-state index in [1.54, 1.807) is 5.41 Å². The van der Waals surface area contributed by atoms with Gasteiger partial charge in [0, 0.05) is 11.3 Å². The summed E-state index contributed by atoms with van der Waals surface area (Å²) in [5.41, 5.74) is 0. The lowest BCUT2D eigenvalue weighted by molar-refractivity contribution is -0.134. The van der Waals surface area contributed by atoms with Gasteiger partial charge in [-0.1, -0.05) is 6.92 Å². The molecule has 1 atom stereocenters. The molecule has 0 aliphatic rings. The van der Waals surface area contributed by atoms with Crippen LogP contribution in [0.1, 0.15) is 6.92 Å². The van der Waals surface area contributed by atoms with Crippen molar-refractivity contribution in [1.29, 1.82) is 0 Å². The van der Waals surface area contributed by atoms with Crippen molar-refractivity contribution in [3.05, 3.63) is 11.5 Å². The Morgan fingerprint density at radius 1 is 1.82 bits per heavy atom. The highest BCUT2D eigenvalue weighted by Gasteiger charge is 1.96. The van der Waals surface area contributed by atoms with Crippen LogP contribution in [0.15, 0.2) is 11.5 Å². The molecule has 0 aromatic heterocycles. The fourth-order valence-electron chi connectivity index (χ4n) is 0.340. The molecule has 64 valence electrons. The molecule has 0 fully saturated rings. The first kappa shape index (κ1) is 10.5. The van der Waals surface area contributed by atoms with Crippen LogP contribution in [0.3, 0.4) is 0 Å². The molecule has 1 N–H and O–H groups in total. The normalized spacial score (nSPS) is 13.4. The molecular formula is C7H12O3S. The van der Waals surface area contributed by atoms with E-state index in [4.69, 9.17) is 5.11 Å². The van der Waals surface area contributed by atoms with E-state index in [0.29, 0.717) is 0 Å². The first-order chi connectivity index (χ1) is 5.20. The summed E-state index contributed by atoms with van der Waals surface area (Å²) in [7, 11) is 1.33. The van der Waals surface area contributed by atoms with Crippen LogP contribution in [-0.2, 0) is 9.53 Å². The Hall–Kier alpha value is -0.480. The first-order valence-electron chi connectivity index (χ1n) is 3.21. The molecule has 0 aliphatic heterocycles. The highest BCUT2D eigenvalue weighted by molar-refractivity contribution is 8.02. The van der Waals surface area contributed by atoms with E-state index in [0.717, 1.165) is 0 Å². The van der Waals surface area contributed by atoms with Crippen LogP contribution in [0.25, 0.3) is 0 Å². The third kappa shape index (κ3) is 5.94. The van der Waals surface area contributed by atoms with E-state index in [1.807, 2.05) is 6.92 Å². The summed E-state index contributed by atoms with van der Waals surface area (Å²) in [5.74, 6) is -0.373. The van der Waals surface area contributed by atoms with E-state index < -0.39 is 0 Å². The molecule has 0 rings (SSSR count). The van der Waals surface area contributed by atoms with Crippen LogP contribution in [0.5, 0.6) is 0 Å². The zero-order valence-electron chi connectivity index (χ0n) is 6.61. The molecule has 0 aromatic rings. The number of esters is 1. The number of hydrogen-bond donors (Lipinski definition) is 1. The molecule has 0 saturated heterocycles. The molecular weight excluding hydrogens is 164 g/mol. The maximum absolute atomic E-state index is 10.5.